The zero-order valence-electron chi connectivity index (χ0n) is 14.7. The van der Waals surface area contributed by atoms with Crippen LogP contribution in [0.2, 0.25) is 0 Å². The van der Waals surface area contributed by atoms with E-state index in [0.29, 0.717) is 5.41 Å². The molecule has 0 aliphatic carbocycles. The van der Waals surface area contributed by atoms with E-state index in [9.17, 15) is 0 Å². The number of rotatable bonds is 8. The molecule has 2 heteroatoms. The highest BCUT2D eigenvalue weighted by molar-refractivity contribution is 4.74. The normalized spacial score (nSPS) is 18.9. The topological polar surface area (TPSA) is 6.48 Å². The third kappa shape index (κ3) is 8.26. The molecule has 120 valence electrons. The fourth-order valence-corrected chi connectivity index (χ4v) is 3.02. The van der Waals surface area contributed by atoms with Gasteiger partial charge in [0, 0.05) is 32.2 Å². The van der Waals surface area contributed by atoms with Gasteiger partial charge in [0.2, 0.25) is 0 Å². The summed E-state index contributed by atoms with van der Waals surface area (Å²) in [6.45, 7) is 18.1. The molecule has 1 rings (SSSR count). The summed E-state index contributed by atoms with van der Waals surface area (Å²) in [5.41, 5.74) is 0.524. The Hall–Kier alpha value is -0.0800. The van der Waals surface area contributed by atoms with Crippen molar-refractivity contribution < 1.29 is 0 Å². The van der Waals surface area contributed by atoms with Crippen LogP contribution in [-0.4, -0.2) is 48.6 Å². The predicted molar refractivity (Wildman–Crippen MR) is 90.3 cm³/mol. The maximum absolute atomic E-state index is 2.66. The number of hydrogen-bond acceptors (Lipinski definition) is 2. The van der Waals surface area contributed by atoms with Crippen molar-refractivity contribution in [2.45, 2.75) is 79.2 Å². The molecule has 0 saturated carbocycles. The van der Waals surface area contributed by atoms with Gasteiger partial charge in [-0.2, -0.15) is 0 Å². The fraction of sp³-hybridized carbons (Fsp3) is 1.00. The zero-order valence-corrected chi connectivity index (χ0v) is 14.7. The number of nitrogens with zero attached hydrogens (tertiary/aromatic N) is 2. The summed E-state index contributed by atoms with van der Waals surface area (Å²) in [6.07, 6.45) is 8.48. The molecule has 0 aromatic carbocycles. The average Bonchev–Trinajstić information content (AvgIpc) is 2.37. The molecule has 0 bridgehead atoms. The molecular formula is C18H38N2. The van der Waals surface area contributed by atoms with Crippen LogP contribution in [0.4, 0.5) is 0 Å². The van der Waals surface area contributed by atoms with Gasteiger partial charge < -0.3 is 4.90 Å². The third-order valence-electron chi connectivity index (χ3n) is 4.54. The molecule has 2 nitrogen and oxygen atoms in total. The smallest absolute Gasteiger partial charge is 0.0113 e. The van der Waals surface area contributed by atoms with Crippen LogP contribution in [0.3, 0.4) is 0 Å². The second-order valence-electron chi connectivity index (χ2n) is 8.05. The lowest BCUT2D eigenvalue weighted by Crippen LogP contribution is -2.48. The van der Waals surface area contributed by atoms with Crippen LogP contribution >= 0.6 is 0 Å². The van der Waals surface area contributed by atoms with Gasteiger partial charge in [-0.3, -0.25) is 4.90 Å². The van der Waals surface area contributed by atoms with Gasteiger partial charge in [0.05, 0.1) is 0 Å². The standard InChI is InChI=1S/C18H38N2/c1-17(2)20-15-13-19(14-16-20)12-10-8-6-7-9-11-18(3,4)5/h17H,6-16H2,1-5H3. The van der Waals surface area contributed by atoms with Crippen LogP contribution in [-0.2, 0) is 0 Å². The van der Waals surface area contributed by atoms with Gasteiger partial charge in [-0.1, -0.05) is 46.5 Å². The molecule has 1 heterocycles. The summed E-state index contributed by atoms with van der Waals surface area (Å²) in [5.74, 6) is 0. The van der Waals surface area contributed by atoms with Crippen molar-refractivity contribution in [2.75, 3.05) is 32.7 Å². The molecule has 0 unspecified atom stereocenters. The molecule has 0 N–H and O–H groups in total. The van der Waals surface area contributed by atoms with Crippen molar-refractivity contribution in [3.63, 3.8) is 0 Å². The van der Waals surface area contributed by atoms with E-state index in [0.717, 1.165) is 6.04 Å². The summed E-state index contributed by atoms with van der Waals surface area (Å²) in [5, 5.41) is 0. The first-order valence-corrected chi connectivity index (χ1v) is 8.85. The quantitative estimate of drug-likeness (QED) is 0.609. The van der Waals surface area contributed by atoms with E-state index >= 15 is 0 Å². The number of unbranched alkanes of at least 4 members (excludes halogenated alkanes) is 4. The van der Waals surface area contributed by atoms with Gasteiger partial charge in [0.1, 0.15) is 0 Å². The van der Waals surface area contributed by atoms with E-state index in [2.05, 4.69) is 44.4 Å². The maximum Gasteiger partial charge on any atom is 0.0113 e. The average molecular weight is 283 g/mol. The summed E-state index contributed by atoms with van der Waals surface area (Å²) < 4.78 is 0. The number of hydrogen-bond donors (Lipinski definition) is 0. The van der Waals surface area contributed by atoms with Crippen molar-refractivity contribution in [3.8, 4) is 0 Å². The van der Waals surface area contributed by atoms with Gasteiger partial charge in [0.15, 0.2) is 0 Å². The minimum absolute atomic E-state index is 0.524. The van der Waals surface area contributed by atoms with Crippen molar-refractivity contribution >= 4 is 0 Å². The second-order valence-corrected chi connectivity index (χ2v) is 8.05. The van der Waals surface area contributed by atoms with Crippen LogP contribution in [0.25, 0.3) is 0 Å². The third-order valence-corrected chi connectivity index (χ3v) is 4.54. The van der Waals surface area contributed by atoms with Crippen LogP contribution < -0.4 is 0 Å². The highest BCUT2D eigenvalue weighted by Crippen LogP contribution is 2.22. The lowest BCUT2D eigenvalue weighted by Gasteiger charge is -2.36. The summed E-state index contributed by atoms with van der Waals surface area (Å²) in [4.78, 5) is 5.26. The monoisotopic (exact) mass is 282 g/mol. The lowest BCUT2D eigenvalue weighted by atomic mass is 9.89. The minimum Gasteiger partial charge on any atom is -0.301 e. The van der Waals surface area contributed by atoms with E-state index in [4.69, 9.17) is 0 Å². The van der Waals surface area contributed by atoms with Crippen molar-refractivity contribution in [1.82, 2.24) is 9.80 Å². The molecule has 0 aromatic heterocycles. The Morgan fingerprint density at radius 1 is 0.800 bits per heavy atom. The van der Waals surface area contributed by atoms with E-state index in [1.165, 1.54) is 71.2 Å². The highest BCUT2D eigenvalue weighted by atomic mass is 15.3. The first-order chi connectivity index (χ1) is 9.38. The van der Waals surface area contributed by atoms with Crippen LogP contribution in [0.1, 0.15) is 73.1 Å². The van der Waals surface area contributed by atoms with Gasteiger partial charge in [-0.25, -0.2) is 0 Å². The van der Waals surface area contributed by atoms with Gasteiger partial charge in [-0.15, -0.1) is 0 Å². The Morgan fingerprint density at radius 2 is 1.35 bits per heavy atom. The number of piperazine rings is 1. The summed E-state index contributed by atoms with van der Waals surface area (Å²) in [7, 11) is 0. The Labute approximate surface area is 127 Å². The highest BCUT2D eigenvalue weighted by Gasteiger charge is 2.17. The molecule has 0 spiro atoms. The van der Waals surface area contributed by atoms with Crippen molar-refractivity contribution in [3.05, 3.63) is 0 Å². The molecule has 0 amide bonds. The SMILES string of the molecule is CC(C)N1CCN(CCCCCCCC(C)(C)C)CC1. The van der Waals surface area contributed by atoms with E-state index in [-0.39, 0.29) is 0 Å². The van der Waals surface area contributed by atoms with Gasteiger partial charge in [-0.05, 0) is 38.6 Å². The van der Waals surface area contributed by atoms with E-state index in [1.54, 1.807) is 0 Å². The zero-order chi connectivity index (χ0) is 15.0. The molecular weight excluding hydrogens is 244 g/mol. The van der Waals surface area contributed by atoms with E-state index < -0.39 is 0 Å². The molecule has 1 aliphatic rings. The molecule has 1 fully saturated rings. The Morgan fingerprint density at radius 3 is 1.90 bits per heavy atom. The Bertz CT molecular complexity index is 234. The maximum atomic E-state index is 2.66. The molecule has 1 aliphatic heterocycles. The largest absolute Gasteiger partial charge is 0.301 e. The molecule has 0 aromatic rings. The lowest BCUT2D eigenvalue weighted by molar-refractivity contribution is 0.107. The first-order valence-electron chi connectivity index (χ1n) is 8.85. The van der Waals surface area contributed by atoms with Gasteiger partial charge in [0.25, 0.3) is 0 Å². The molecule has 0 atom stereocenters. The fourth-order valence-electron chi connectivity index (χ4n) is 3.02. The second kappa shape index (κ2) is 9.04. The van der Waals surface area contributed by atoms with Crippen LogP contribution in [0.5, 0.6) is 0 Å². The summed E-state index contributed by atoms with van der Waals surface area (Å²) >= 11 is 0. The molecule has 0 radical (unpaired) electrons. The van der Waals surface area contributed by atoms with Crippen molar-refractivity contribution in [1.29, 1.82) is 0 Å². The molecule has 1 saturated heterocycles. The van der Waals surface area contributed by atoms with Crippen LogP contribution in [0.15, 0.2) is 0 Å². The summed E-state index contributed by atoms with van der Waals surface area (Å²) in [6, 6.07) is 0.722. The predicted octanol–water partition coefficient (Wildman–Crippen LogP) is 4.40. The molecule has 20 heavy (non-hydrogen) atoms. The van der Waals surface area contributed by atoms with Crippen LogP contribution in [0, 0.1) is 5.41 Å². The minimum atomic E-state index is 0.524. The van der Waals surface area contributed by atoms with E-state index in [1.807, 2.05) is 0 Å². The Balaban J connectivity index is 1.93. The first kappa shape index (κ1) is 18.0. The van der Waals surface area contributed by atoms with Crippen molar-refractivity contribution in [2.24, 2.45) is 5.41 Å². The Kier molecular flexibility index (Phi) is 8.13. The van der Waals surface area contributed by atoms with Gasteiger partial charge >= 0.3 is 0 Å².